The molecule has 0 bridgehead atoms. The van der Waals surface area contributed by atoms with Crippen LogP contribution in [0.1, 0.15) is 36.5 Å². The smallest absolute Gasteiger partial charge is 0.370 e. The van der Waals surface area contributed by atoms with Crippen molar-refractivity contribution < 1.29 is 13.2 Å². The third-order valence-electron chi connectivity index (χ3n) is 5.22. The zero-order valence-corrected chi connectivity index (χ0v) is 15.7. The maximum atomic E-state index is 12.9. The van der Waals surface area contributed by atoms with Crippen LogP contribution in [0, 0.1) is 0 Å². The van der Waals surface area contributed by atoms with Crippen molar-refractivity contribution in [2.75, 3.05) is 11.9 Å². The number of halogens is 3. The van der Waals surface area contributed by atoms with Gasteiger partial charge in [-0.1, -0.05) is 37.3 Å². The van der Waals surface area contributed by atoms with Crippen LogP contribution in [0.25, 0.3) is 16.9 Å². The highest BCUT2D eigenvalue weighted by molar-refractivity contribution is 5.72. The Balaban J connectivity index is 1.86. The number of hydrogen-bond acceptors (Lipinski definition) is 2. The Morgan fingerprint density at radius 1 is 1.04 bits per heavy atom. The molecular formula is C22H22F3N3. The molecule has 6 heteroatoms. The molecule has 3 aromatic rings. The zero-order chi connectivity index (χ0) is 19.7. The van der Waals surface area contributed by atoms with E-state index in [1.165, 1.54) is 17.7 Å². The summed E-state index contributed by atoms with van der Waals surface area (Å²) in [6.45, 7) is 2.96. The van der Waals surface area contributed by atoms with E-state index in [0.717, 1.165) is 67.1 Å². The number of nitrogens with one attached hydrogen (secondary N) is 1. The molecule has 0 atom stereocenters. The quantitative estimate of drug-likeness (QED) is 0.611. The number of anilines is 1. The lowest BCUT2D eigenvalue weighted by atomic mass is 10.0. The molecule has 3 nitrogen and oxygen atoms in total. The summed E-state index contributed by atoms with van der Waals surface area (Å²) >= 11 is 0. The Morgan fingerprint density at radius 2 is 1.79 bits per heavy atom. The van der Waals surface area contributed by atoms with Crippen LogP contribution in [0.4, 0.5) is 19.0 Å². The van der Waals surface area contributed by atoms with Gasteiger partial charge in [-0.2, -0.15) is 18.3 Å². The zero-order valence-electron chi connectivity index (χ0n) is 15.7. The van der Waals surface area contributed by atoms with Gasteiger partial charge in [-0.3, -0.25) is 0 Å². The largest absolute Gasteiger partial charge is 0.416 e. The molecule has 28 heavy (non-hydrogen) atoms. The van der Waals surface area contributed by atoms with E-state index >= 15 is 0 Å². The van der Waals surface area contributed by atoms with Crippen molar-refractivity contribution in [2.24, 2.45) is 0 Å². The van der Waals surface area contributed by atoms with Crippen LogP contribution in [-0.4, -0.2) is 16.3 Å². The van der Waals surface area contributed by atoms with Crippen LogP contribution in [-0.2, 0) is 19.0 Å². The molecule has 0 saturated heterocycles. The molecule has 1 aromatic heterocycles. The van der Waals surface area contributed by atoms with Gasteiger partial charge in [-0.25, -0.2) is 4.68 Å². The molecule has 0 radical (unpaired) electrons. The molecule has 1 aliphatic rings. The molecule has 0 saturated carbocycles. The minimum atomic E-state index is -4.34. The molecule has 0 fully saturated rings. The summed E-state index contributed by atoms with van der Waals surface area (Å²) in [7, 11) is 0. The standard InChI is InChI=1S/C22H22F3N3/c1-2-15-7-3-4-9-19(15)28-21-18(8-5-6-14-26-21)20(27-28)16-10-12-17(13-11-16)22(23,24)25/h3-4,7,9-13,26H,2,5-6,8,14H2,1H3. The highest BCUT2D eigenvalue weighted by Crippen LogP contribution is 2.36. The molecule has 0 unspecified atom stereocenters. The second kappa shape index (κ2) is 7.34. The maximum Gasteiger partial charge on any atom is 0.416 e. The van der Waals surface area contributed by atoms with Gasteiger partial charge in [-0.15, -0.1) is 0 Å². The fourth-order valence-electron chi connectivity index (χ4n) is 3.74. The number of aryl methyl sites for hydroxylation is 1. The third-order valence-corrected chi connectivity index (χ3v) is 5.22. The summed E-state index contributed by atoms with van der Waals surface area (Å²) in [5, 5.41) is 8.34. The summed E-state index contributed by atoms with van der Waals surface area (Å²) in [6.07, 6.45) is -0.533. The van der Waals surface area contributed by atoms with Gasteiger partial charge in [0, 0.05) is 17.7 Å². The number of aromatic nitrogens is 2. The second-order valence-corrected chi connectivity index (χ2v) is 7.03. The lowest BCUT2D eigenvalue weighted by molar-refractivity contribution is -0.137. The van der Waals surface area contributed by atoms with Crippen molar-refractivity contribution >= 4 is 5.82 Å². The normalized spacial score (nSPS) is 14.3. The van der Waals surface area contributed by atoms with Gasteiger partial charge in [0.1, 0.15) is 5.82 Å². The van der Waals surface area contributed by atoms with E-state index in [1.807, 2.05) is 22.9 Å². The number of para-hydroxylation sites is 1. The molecular weight excluding hydrogens is 363 g/mol. The van der Waals surface area contributed by atoms with Crippen LogP contribution < -0.4 is 5.32 Å². The Morgan fingerprint density at radius 3 is 2.50 bits per heavy atom. The van der Waals surface area contributed by atoms with Crippen LogP contribution in [0.15, 0.2) is 48.5 Å². The fraction of sp³-hybridized carbons (Fsp3) is 0.318. The molecule has 2 aromatic carbocycles. The monoisotopic (exact) mass is 385 g/mol. The van der Waals surface area contributed by atoms with Crippen LogP contribution in [0.3, 0.4) is 0 Å². The maximum absolute atomic E-state index is 12.9. The summed E-state index contributed by atoms with van der Waals surface area (Å²) in [5.74, 6) is 0.952. The first-order chi connectivity index (χ1) is 13.5. The van der Waals surface area contributed by atoms with E-state index in [4.69, 9.17) is 5.10 Å². The highest BCUT2D eigenvalue weighted by Gasteiger charge is 2.30. The van der Waals surface area contributed by atoms with Crippen LogP contribution in [0.5, 0.6) is 0 Å². The summed E-state index contributed by atoms with van der Waals surface area (Å²) < 4.78 is 40.7. The van der Waals surface area contributed by atoms with E-state index in [2.05, 4.69) is 18.3 Å². The van der Waals surface area contributed by atoms with Crippen molar-refractivity contribution in [2.45, 2.75) is 38.8 Å². The van der Waals surface area contributed by atoms with Crippen molar-refractivity contribution in [1.82, 2.24) is 9.78 Å². The predicted molar refractivity (Wildman–Crippen MR) is 105 cm³/mol. The van der Waals surface area contributed by atoms with E-state index in [0.29, 0.717) is 5.56 Å². The average Bonchev–Trinajstić information content (AvgIpc) is 2.88. The molecule has 0 amide bonds. The number of hydrogen-bond donors (Lipinski definition) is 1. The number of benzene rings is 2. The molecule has 4 rings (SSSR count). The minimum Gasteiger partial charge on any atom is -0.370 e. The van der Waals surface area contributed by atoms with E-state index < -0.39 is 11.7 Å². The van der Waals surface area contributed by atoms with Gasteiger partial charge in [-0.05, 0) is 49.4 Å². The van der Waals surface area contributed by atoms with E-state index in [9.17, 15) is 13.2 Å². The first kappa shape index (κ1) is 18.6. The van der Waals surface area contributed by atoms with Crippen molar-refractivity contribution in [3.8, 4) is 16.9 Å². The Hall–Kier alpha value is -2.76. The average molecular weight is 385 g/mol. The Bertz CT molecular complexity index is 972. The first-order valence-electron chi connectivity index (χ1n) is 9.60. The van der Waals surface area contributed by atoms with Gasteiger partial charge < -0.3 is 5.32 Å². The van der Waals surface area contributed by atoms with Crippen molar-refractivity contribution in [3.63, 3.8) is 0 Å². The SMILES string of the molecule is CCc1ccccc1-n1nc(-c2ccc(C(F)(F)F)cc2)c2c1NCCCC2. The molecule has 0 spiro atoms. The van der Waals surface area contributed by atoms with Gasteiger partial charge in [0.2, 0.25) is 0 Å². The molecule has 1 aliphatic heterocycles. The highest BCUT2D eigenvalue weighted by atomic mass is 19.4. The van der Waals surface area contributed by atoms with Crippen LogP contribution in [0.2, 0.25) is 0 Å². The number of nitrogens with zero attached hydrogens (tertiary/aromatic N) is 2. The molecule has 0 aliphatic carbocycles. The summed E-state index contributed by atoms with van der Waals surface area (Å²) in [4.78, 5) is 0. The van der Waals surface area contributed by atoms with Gasteiger partial charge in [0.05, 0.1) is 16.9 Å². The van der Waals surface area contributed by atoms with Crippen LogP contribution >= 0.6 is 0 Å². The number of rotatable bonds is 3. The van der Waals surface area contributed by atoms with Gasteiger partial charge in [0.25, 0.3) is 0 Å². The lowest BCUT2D eigenvalue weighted by Gasteiger charge is -2.12. The second-order valence-electron chi connectivity index (χ2n) is 7.03. The molecule has 146 valence electrons. The van der Waals surface area contributed by atoms with Crippen molar-refractivity contribution in [3.05, 3.63) is 65.2 Å². The molecule has 1 N–H and O–H groups in total. The lowest BCUT2D eigenvalue weighted by Crippen LogP contribution is -2.08. The topological polar surface area (TPSA) is 29.9 Å². The first-order valence-corrected chi connectivity index (χ1v) is 9.60. The summed E-state index contributed by atoms with van der Waals surface area (Å²) in [5.41, 5.74) is 4.08. The Labute approximate surface area is 162 Å². The Kier molecular flexibility index (Phi) is 4.87. The van der Waals surface area contributed by atoms with Gasteiger partial charge >= 0.3 is 6.18 Å². The fourth-order valence-corrected chi connectivity index (χ4v) is 3.74. The van der Waals surface area contributed by atoms with E-state index in [-0.39, 0.29) is 0 Å². The summed E-state index contributed by atoms with van der Waals surface area (Å²) in [6, 6.07) is 13.4. The van der Waals surface area contributed by atoms with Gasteiger partial charge in [0.15, 0.2) is 0 Å². The van der Waals surface area contributed by atoms with Crippen molar-refractivity contribution in [1.29, 1.82) is 0 Å². The molecule has 2 heterocycles. The van der Waals surface area contributed by atoms with E-state index in [1.54, 1.807) is 0 Å². The predicted octanol–water partition coefficient (Wildman–Crippen LogP) is 5.87. The number of fused-ring (bicyclic) bond motifs is 1. The minimum absolute atomic E-state index is 0.642. The number of alkyl halides is 3. The third kappa shape index (κ3) is 3.39.